The average molecular weight is 523 g/mol. The molecule has 0 aliphatic carbocycles. The van der Waals surface area contributed by atoms with Gasteiger partial charge in [-0.1, -0.05) is 135 Å². The molecule has 0 aromatic rings. The summed E-state index contributed by atoms with van der Waals surface area (Å²) in [5, 5.41) is 0. The van der Waals surface area contributed by atoms with Crippen molar-refractivity contribution in [1.29, 1.82) is 0 Å². The van der Waals surface area contributed by atoms with Gasteiger partial charge in [-0.25, -0.2) is 0 Å². The van der Waals surface area contributed by atoms with Gasteiger partial charge in [0.25, 0.3) is 0 Å². The Morgan fingerprint density at radius 2 is 0.892 bits per heavy atom. The SMILES string of the molecule is CCCCCCCC/C=C\CCCCCCCCOC(=O)CCCCCCCCCCCCCOCC. The van der Waals surface area contributed by atoms with Gasteiger partial charge < -0.3 is 9.47 Å². The number of rotatable bonds is 31. The summed E-state index contributed by atoms with van der Waals surface area (Å²) in [6, 6.07) is 0. The summed E-state index contributed by atoms with van der Waals surface area (Å²) in [4.78, 5) is 11.9. The molecule has 0 saturated carbocycles. The molecule has 0 spiro atoms. The molecule has 0 fully saturated rings. The van der Waals surface area contributed by atoms with Gasteiger partial charge >= 0.3 is 5.97 Å². The number of carbonyl (C=O) groups is 1. The maximum absolute atomic E-state index is 11.9. The Morgan fingerprint density at radius 1 is 0.486 bits per heavy atom. The number of ether oxygens (including phenoxy) is 2. The summed E-state index contributed by atoms with van der Waals surface area (Å²) in [5.74, 6) is 0.0112. The van der Waals surface area contributed by atoms with Crippen LogP contribution in [-0.4, -0.2) is 25.8 Å². The number of carbonyl (C=O) groups excluding carboxylic acids is 1. The van der Waals surface area contributed by atoms with Crippen LogP contribution in [0.2, 0.25) is 0 Å². The lowest BCUT2D eigenvalue weighted by Gasteiger charge is -2.05. The topological polar surface area (TPSA) is 35.5 Å². The number of esters is 1. The molecule has 3 nitrogen and oxygen atoms in total. The minimum absolute atomic E-state index is 0.0112. The predicted molar refractivity (Wildman–Crippen MR) is 162 cm³/mol. The highest BCUT2D eigenvalue weighted by Crippen LogP contribution is 2.13. The molecule has 0 amide bonds. The van der Waals surface area contributed by atoms with Crippen LogP contribution in [0.15, 0.2) is 12.2 Å². The lowest BCUT2D eigenvalue weighted by Crippen LogP contribution is -2.05. The zero-order valence-corrected chi connectivity index (χ0v) is 25.4. The fraction of sp³-hybridized carbons (Fsp3) is 0.912. The molecule has 0 aliphatic rings. The zero-order chi connectivity index (χ0) is 26.9. The van der Waals surface area contributed by atoms with E-state index in [0.29, 0.717) is 13.0 Å². The molecule has 0 unspecified atom stereocenters. The van der Waals surface area contributed by atoms with Crippen molar-refractivity contribution in [2.24, 2.45) is 0 Å². The Bertz CT molecular complexity index is 460. The Balaban J connectivity index is 3.18. The van der Waals surface area contributed by atoms with Gasteiger partial charge in [0.05, 0.1) is 6.61 Å². The van der Waals surface area contributed by atoms with Crippen LogP contribution in [0.5, 0.6) is 0 Å². The van der Waals surface area contributed by atoms with Gasteiger partial charge in [-0.3, -0.25) is 4.79 Å². The second kappa shape index (κ2) is 33.2. The highest BCUT2D eigenvalue weighted by molar-refractivity contribution is 5.69. The van der Waals surface area contributed by atoms with Gasteiger partial charge in [0.2, 0.25) is 0 Å². The van der Waals surface area contributed by atoms with Gasteiger partial charge in [-0.15, -0.1) is 0 Å². The Morgan fingerprint density at radius 3 is 1.38 bits per heavy atom. The van der Waals surface area contributed by atoms with Crippen molar-refractivity contribution >= 4 is 5.97 Å². The number of hydrogen-bond donors (Lipinski definition) is 0. The molecule has 0 bridgehead atoms. The van der Waals surface area contributed by atoms with Crippen LogP contribution in [0.25, 0.3) is 0 Å². The fourth-order valence-corrected chi connectivity index (χ4v) is 4.82. The lowest BCUT2D eigenvalue weighted by atomic mass is 10.1. The normalized spacial score (nSPS) is 11.5. The van der Waals surface area contributed by atoms with Crippen molar-refractivity contribution in [2.45, 2.75) is 181 Å². The minimum atomic E-state index is 0.0112. The van der Waals surface area contributed by atoms with E-state index in [2.05, 4.69) is 26.0 Å². The van der Waals surface area contributed by atoms with E-state index in [1.807, 2.05) is 0 Å². The van der Waals surface area contributed by atoms with E-state index >= 15 is 0 Å². The van der Waals surface area contributed by atoms with E-state index in [0.717, 1.165) is 26.1 Å². The van der Waals surface area contributed by atoms with Crippen molar-refractivity contribution < 1.29 is 14.3 Å². The van der Waals surface area contributed by atoms with Gasteiger partial charge in [0.15, 0.2) is 0 Å². The zero-order valence-electron chi connectivity index (χ0n) is 25.4. The van der Waals surface area contributed by atoms with E-state index in [4.69, 9.17) is 9.47 Å². The smallest absolute Gasteiger partial charge is 0.305 e. The van der Waals surface area contributed by atoms with Crippen LogP contribution in [-0.2, 0) is 14.3 Å². The standard InChI is InChI=1S/C34H66O3/c1-3-5-6-7-8-9-10-11-12-13-14-18-21-24-27-30-33-37-34(35)31-28-25-22-19-16-15-17-20-23-26-29-32-36-4-2/h11-12H,3-10,13-33H2,1-2H3/b12-11-. The molecule has 0 atom stereocenters. The van der Waals surface area contributed by atoms with Gasteiger partial charge in [0.1, 0.15) is 0 Å². The molecule has 37 heavy (non-hydrogen) atoms. The third-order valence-electron chi connectivity index (χ3n) is 7.29. The van der Waals surface area contributed by atoms with Crippen LogP contribution >= 0.6 is 0 Å². The monoisotopic (exact) mass is 523 g/mol. The molecule has 0 radical (unpaired) electrons. The highest BCUT2D eigenvalue weighted by atomic mass is 16.5. The summed E-state index contributed by atoms with van der Waals surface area (Å²) in [5.41, 5.74) is 0. The Hall–Kier alpha value is -0.830. The van der Waals surface area contributed by atoms with Gasteiger partial charge in [-0.2, -0.15) is 0 Å². The quantitative estimate of drug-likeness (QED) is 0.0516. The molecule has 0 aliphatic heterocycles. The Labute approximate surface area is 232 Å². The first-order valence-corrected chi connectivity index (χ1v) is 16.7. The van der Waals surface area contributed by atoms with E-state index < -0.39 is 0 Å². The molecule has 0 aromatic heterocycles. The number of unbranched alkanes of at least 4 members (excludes halogenated alkanes) is 22. The number of allylic oxidation sites excluding steroid dienone is 2. The highest BCUT2D eigenvalue weighted by Gasteiger charge is 2.02. The van der Waals surface area contributed by atoms with E-state index in [1.54, 1.807) is 0 Å². The van der Waals surface area contributed by atoms with E-state index in [1.165, 1.54) is 148 Å². The van der Waals surface area contributed by atoms with Crippen LogP contribution < -0.4 is 0 Å². The van der Waals surface area contributed by atoms with Crippen molar-refractivity contribution in [3.8, 4) is 0 Å². The molecule has 0 aromatic carbocycles. The third kappa shape index (κ3) is 33.1. The van der Waals surface area contributed by atoms with Crippen LogP contribution in [0.4, 0.5) is 0 Å². The first-order chi connectivity index (χ1) is 18.3. The molecule has 0 heterocycles. The Kier molecular flexibility index (Phi) is 32.5. The first kappa shape index (κ1) is 36.2. The van der Waals surface area contributed by atoms with E-state index in [9.17, 15) is 4.79 Å². The van der Waals surface area contributed by atoms with Gasteiger partial charge in [-0.05, 0) is 51.9 Å². The predicted octanol–water partition coefficient (Wildman–Crippen LogP) is 11.3. The van der Waals surface area contributed by atoms with Crippen molar-refractivity contribution in [3.05, 3.63) is 12.2 Å². The summed E-state index contributed by atoms with van der Waals surface area (Å²) >= 11 is 0. The largest absolute Gasteiger partial charge is 0.466 e. The average Bonchev–Trinajstić information content (AvgIpc) is 2.90. The number of hydrogen-bond acceptors (Lipinski definition) is 3. The molecule has 0 rings (SSSR count). The third-order valence-corrected chi connectivity index (χ3v) is 7.29. The van der Waals surface area contributed by atoms with Crippen LogP contribution in [0.3, 0.4) is 0 Å². The summed E-state index contributed by atoms with van der Waals surface area (Å²) in [6.07, 6.45) is 37.7. The maximum atomic E-state index is 11.9. The van der Waals surface area contributed by atoms with E-state index in [-0.39, 0.29) is 5.97 Å². The second-order valence-electron chi connectivity index (χ2n) is 11.0. The fourth-order valence-electron chi connectivity index (χ4n) is 4.82. The van der Waals surface area contributed by atoms with Crippen molar-refractivity contribution in [1.82, 2.24) is 0 Å². The minimum Gasteiger partial charge on any atom is -0.466 e. The maximum Gasteiger partial charge on any atom is 0.305 e. The van der Waals surface area contributed by atoms with Crippen LogP contribution in [0, 0.1) is 0 Å². The van der Waals surface area contributed by atoms with Crippen LogP contribution in [0.1, 0.15) is 181 Å². The van der Waals surface area contributed by atoms with Gasteiger partial charge in [0, 0.05) is 19.6 Å². The van der Waals surface area contributed by atoms with Crippen molar-refractivity contribution in [3.63, 3.8) is 0 Å². The molecule has 0 N–H and O–H groups in total. The molecule has 220 valence electrons. The summed E-state index contributed by atoms with van der Waals surface area (Å²) in [6.45, 7) is 6.74. The molecule has 3 heteroatoms. The molecule has 0 saturated heterocycles. The summed E-state index contributed by atoms with van der Waals surface area (Å²) in [7, 11) is 0. The lowest BCUT2D eigenvalue weighted by molar-refractivity contribution is -0.143. The van der Waals surface area contributed by atoms with Crippen molar-refractivity contribution in [2.75, 3.05) is 19.8 Å². The molecular formula is C34H66O3. The summed E-state index contributed by atoms with van der Waals surface area (Å²) < 4.78 is 10.8. The first-order valence-electron chi connectivity index (χ1n) is 16.7. The molecular weight excluding hydrogens is 456 g/mol. The second-order valence-corrected chi connectivity index (χ2v) is 11.0.